The van der Waals surface area contributed by atoms with Crippen LogP contribution >= 0.6 is 22.6 Å². The number of imide groups is 1. The molecule has 3 aromatic carbocycles. The van der Waals surface area contributed by atoms with E-state index in [1.807, 2.05) is 72.8 Å². The summed E-state index contributed by atoms with van der Waals surface area (Å²) < 4.78 is 1.01. The first-order valence-electron chi connectivity index (χ1n) is 10.0. The van der Waals surface area contributed by atoms with Crippen LogP contribution in [0.25, 0.3) is 0 Å². The van der Waals surface area contributed by atoms with E-state index in [1.165, 1.54) is 4.90 Å². The van der Waals surface area contributed by atoms with Crippen molar-refractivity contribution in [3.63, 3.8) is 0 Å². The molecular weight excluding hydrogens is 503 g/mol. The highest BCUT2D eigenvalue weighted by molar-refractivity contribution is 14.1. The van der Waals surface area contributed by atoms with Gasteiger partial charge in [-0.15, -0.1) is 0 Å². The average Bonchev–Trinajstić information content (AvgIpc) is 3.08. The van der Waals surface area contributed by atoms with Crippen LogP contribution in [0.4, 0.5) is 5.69 Å². The second-order valence-corrected chi connectivity index (χ2v) is 8.68. The Balaban J connectivity index is 1.62. The van der Waals surface area contributed by atoms with E-state index in [2.05, 4.69) is 22.6 Å². The summed E-state index contributed by atoms with van der Waals surface area (Å²) in [7, 11) is 0. The number of hydrogen-bond acceptors (Lipinski definition) is 3. The molecule has 1 saturated heterocycles. The van der Waals surface area contributed by atoms with Crippen molar-refractivity contribution in [2.75, 3.05) is 4.90 Å². The van der Waals surface area contributed by atoms with Gasteiger partial charge in [0.25, 0.3) is 5.91 Å². The van der Waals surface area contributed by atoms with Gasteiger partial charge in [-0.05, 0) is 58.0 Å². The summed E-state index contributed by atoms with van der Waals surface area (Å²) in [5, 5.41) is 0. The maximum Gasteiger partial charge on any atom is 0.257 e. The second kappa shape index (κ2) is 9.43. The SMILES string of the molecule is O=C1CC(N(Cc2ccccc2)C(=O)Cc2ccccc2)C(=O)N1c1ccc(I)cc1. The van der Waals surface area contributed by atoms with Gasteiger partial charge in [0.2, 0.25) is 11.8 Å². The lowest BCUT2D eigenvalue weighted by Gasteiger charge is -2.28. The third-order valence-corrected chi connectivity index (χ3v) is 6.02. The molecule has 1 atom stereocenters. The summed E-state index contributed by atoms with van der Waals surface area (Å²) >= 11 is 2.18. The standard InChI is InChI=1S/C25H21IN2O3/c26-20-11-13-21(14-12-20)28-24(30)16-22(25(28)31)27(17-19-9-5-2-6-10-19)23(29)15-18-7-3-1-4-8-18/h1-14,22H,15-17H2. The number of rotatable bonds is 6. The number of carbonyl (C=O) groups is 3. The molecule has 0 spiro atoms. The fraction of sp³-hybridized carbons (Fsp3) is 0.160. The third kappa shape index (κ3) is 4.85. The molecule has 4 rings (SSSR count). The third-order valence-electron chi connectivity index (χ3n) is 5.30. The Morgan fingerprint density at radius 1 is 0.871 bits per heavy atom. The van der Waals surface area contributed by atoms with Crippen LogP contribution in [-0.4, -0.2) is 28.7 Å². The lowest BCUT2D eigenvalue weighted by Crippen LogP contribution is -2.45. The molecular formula is C25H21IN2O3. The van der Waals surface area contributed by atoms with Crippen LogP contribution in [-0.2, 0) is 27.3 Å². The molecule has 0 aromatic heterocycles. The molecule has 31 heavy (non-hydrogen) atoms. The van der Waals surface area contributed by atoms with Gasteiger partial charge in [-0.1, -0.05) is 60.7 Å². The predicted octanol–water partition coefficient (Wildman–Crippen LogP) is 4.19. The molecule has 0 radical (unpaired) electrons. The summed E-state index contributed by atoms with van der Waals surface area (Å²) in [5.41, 5.74) is 2.32. The van der Waals surface area contributed by atoms with Crippen molar-refractivity contribution in [3.05, 3.63) is 99.6 Å². The Hall–Kier alpha value is -3.00. The largest absolute Gasteiger partial charge is 0.325 e. The van der Waals surface area contributed by atoms with Crippen LogP contribution in [0.3, 0.4) is 0 Å². The maximum atomic E-state index is 13.3. The Labute approximate surface area is 194 Å². The normalized spacial score (nSPS) is 15.9. The van der Waals surface area contributed by atoms with Gasteiger partial charge in [0.1, 0.15) is 6.04 Å². The number of carbonyl (C=O) groups excluding carboxylic acids is 3. The molecule has 0 saturated carbocycles. The van der Waals surface area contributed by atoms with E-state index in [0.717, 1.165) is 14.7 Å². The molecule has 5 nitrogen and oxygen atoms in total. The van der Waals surface area contributed by atoms with E-state index < -0.39 is 6.04 Å². The predicted molar refractivity (Wildman–Crippen MR) is 127 cm³/mol. The summed E-state index contributed by atoms with van der Waals surface area (Å²) in [4.78, 5) is 42.1. The van der Waals surface area contributed by atoms with Gasteiger partial charge >= 0.3 is 0 Å². The van der Waals surface area contributed by atoms with Gasteiger partial charge in [0.05, 0.1) is 18.5 Å². The van der Waals surface area contributed by atoms with E-state index in [1.54, 1.807) is 17.0 Å². The zero-order valence-corrected chi connectivity index (χ0v) is 18.9. The van der Waals surface area contributed by atoms with Crippen LogP contribution in [0, 0.1) is 3.57 Å². The van der Waals surface area contributed by atoms with Crippen molar-refractivity contribution in [1.82, 2.24) is 4.90 Å². The molecule has 3 amide bonds. The van der Waals surface area contributed by atoms with E-state index in [4.69, 9.17) is 0 Å². The lowest BCUT2D eigenvalue weighted by molar-refractivity contribution is -0.138. The van der Waals surface area contributed by atoms with Gasteiger partial charge < -0.3 is 4.90 Å². The first kappa shape index (κ1) is 21.2. The minimum Gasteiger partial charge on any atom is -0.325 e. The molecule has 0 N–H and O–H groups in total. The number of hydrogen-bond donors (Lipinski definition) is 0. The van der Waals surface area contributed by atoms with E-state index in [0.29, 0.717) is 5.69 Å². The molecule has 6 heteroatoms. The fourth-order valence-electron chi connectivity index (χ4n) is 3.75. The molecule has 1 aliphatic heterocycles. The number of halogens is 1. The quantitative estimate of drug-likeness (QED) is 0.359. The first-order valence-corrected chi connectivity index (χ1v) is 11.1. The molecule has 1 unspecified atom stereocenters. The number of benzene rings is 3. The van der Waals surface area contributed by atoms with Crippen molar-refractivity contribution >= 4 is 46.0 Å². The van der Waals surface area contributed by atoms with Crippen molar-refractivity contribution in [1.29, 1.82) is 0 Å². The van der Waals surface area contributed by atoms with E-state index in [-0.39, 0.29) is 37.1 Å². The highest BCUT2D eigenvalue weighted by atomic mass is 127. The van der Waals surface area contributed by atoms with Crippen LogP contribution in [0.1, 0.15) is 17.5 Å². The van der Waals surface area contributed by atoms with Gasteiger partial charge in [-0.25, -0.2) is 4.90 Å². The van der Waals surface area contributed by atoms with Crippen molar-refractivity contribution in [2.24, 2.45) is 0 Å². The molecule has 1 heterocycles. The molecule has 3 aromatic rings. The van der Waals surface area contributed by atoms with Crippen LogP contribution in [0.2, 0.25) is 0 Å². The Kier molecular flexibility index (Phi) is 6.46. The fourth-order valence-corrected chi connectivity index (χ4v) is 4.10. The molecule has 0 aliphatic carbocycles. The minimum absolute atomic E-state index is 0.0157. The van der Waals surface area contributed by atoms with Crippen molar-refractivity contribution < 1.29 is 14.4 Å². The van der Waals surface area contributed by atoms with E-state index >= 15 is 0 Å². The summed E-state index contributed by atoms with van der Waals surface area (Å²) in [5.74, 6) is -0.823. The minimum atomic E-state index is -0.816. The van der Waals surface area contributed by atoms with Crippen LogP contribution in [0.15, 0.2) is 84.9 Å². The molecule has 156 valence electrons. The smallest absolute Gasteiger partial charge is 0.257 e. The number of anilines is 1. The topological polar surface area (TPSA) is 57.7 Å². The van der Waals surface area contributed by atoms with E-state index in [9.17, 15) is 14.4 Å². The Morgan fingerprint density at radius 3 is 2.06 bits per heavy atom. The monoisotopic (exact) mass is 524 g/mol. The second-order valence-electron chi connectivity index (χ2n) is 7.43. The van der Waals surface area contributed by atoms with Gasteiger partial charge in [0.15, 0.2) is 0 Å². The van der Waals surface area contributed by atoms with Gasteiger partial charge in [-0.2, -0.15) is 0 Å². The molecule has 0 bridgehead atoms. The zero-order valence-electron chi connectivity index (χ0n) is 16.8. The zero-order chi connectivity index (χ0) is 21.8. The van der Waals surface area contributed by atoms with Gasteiger partial charge in [-0.3, -0.25) is 14.4 Å². The van der Waals surface area contributed by atoms with Crippen LogP contribution in [0.5, 0.6) is 0 Å². The van der Waals surface area contributed by atoms with Crippen molar-refractivity contribution in [3.8, 4) is 0 Å². The number of amides is 3. The summed E-state index contributed by atoms with van der Waals surface area (Å²) in [6.07, 6.45) is 0.160. The Morgan fingerprint density at radius 2 is 1.45 bits per heavy atom. The summed E-state index contributed by atoms with van der Waals surface area (Å²) in [6.45, 7) is 0.275. The van der Waals surface area contributed by atoms with Crippen molar-refractivity contribution in [2.45, 2.75) is 25.4 Å². The highest BCUT2D eigenvalue weighted by Gasteiger charge is 2.44. The first-order chi connectivity index (χ1) is 15.0. The maximum absolute atomic E-state index is 13.3. The number of nitrogens with zero attached hydrogens (tertiary/aromatic N) is 2. The Bertz CT molecular complexity index is 1080. The molecule has 1 aliphatic rings. The summed E-state index contributed by atoms with van der Waals surface area (Å²) in [6, 6.07) is 25.4. The average molecular weight is 524 g/mol. The highest BCUT2D eigenvalue weighted by Crippen LogP contribution is 2.28. The van der Waals surface area contributed by atoms with Crippen LogP contribution < -0.4 is 4.90 Å². The molecule has 1 fully saturated rings. The lowest BCUT2D eigenvalue weighted by atomic mass is 10.1. The van der Waals surface area contributed by atoms with Gasteiger partial charge in [0, 0.05) is 10.1 Å².